The molecule has 1 aromatic heterocycles. The summed E-state index contributed by atoms with van der Waals surface area (Å²) >= 11 is 0. The summed E-state index contributed by atoms with van der Waals surface area (Å²) in [7, 11) is -4.43. The fourth-order valence-electron chi connectivity index (χ4n) is 4.11. The number of aromatic nitrogens is 2. The third kappa shape index (κ3) is 4.39. The zero-order chi connectivity index (χ0) is 21.5. The van der Waals surface area contributed by atoms with Crippen LogP contribution in [0.15, 0.2) is 35.6 Å². The van der Waals surface area contributed by atoms with E-state index in [9.17, 15) is 4.57 Å². The molecule has 1 aliphatic carbocycles. The number of rotatable bonds is 4. The molecule has 2 aromatic rings. The quantitative estimate of drug-likeness (QED) is 0.624. The van der Waals surface area contributed by atoms with Crippen LogP contribution in [0.3, 0.4) is 0 Å². The van der Waals surface area contributed by atoms with Gasteiger partial charge < -0.3 is 20.3 Å². The van der Waals surface area contributed by atoms with Crippen LogP contribution in [0.4, 0.5) is 11.5 Å². The van der Waals surface area contributed by atoms with E-state index >= 15 is 0 Å². The molecular formula is C20H25N4O5P. The molecule has 0 unspecified atom stereocenters. The van der Waals surface area contributed by atoms with Crippen molar-refractivity contribution in [3.63, 3.8) is 0 Å². The number of phosphoric ester groups is 1. The number of benzene rings is 1. The predicted octanol–water partition coefficient (Wildman–Crippen LogP) is 3.49. The SMILES string of the molecule is CC1(C)Oc2ncnc(N)c2N=C1c1ccc([C@H]2CC[C@H](OP(=O)(O)O)CC2)cc1. The number of nitrogen functional groups attached to an aromatic ring is 1. The van der Waals surface area contributed by atoms with Gasteiger partial charge in [0.15, 0.2) is 11.5 Å². The van der Waals surface area contributed by atoms with E-state index in [1.807, 2.05) is 26.0 Å². The van der Waals surface area contributed by atoms with Crippen molar-refractivity contribution >= 4 is 25.0 Å². The summed E-state index contributed by atoms with van der Waals surface area (Å²) in [5, 5.41) is 0. The highest BCUT2D eigenvalue weighted by Gasteiger charge is 2.35. The van der Waals surface area contributed by atoms with Crippen molar-refractivity contribution in [2.24, 2.45) is 4.99 Å². The highest BCUT2D eigenvalue weighted by Crippen LogP contribution is 2.44. The number of nitrogens with zero attached hydrogens (tertiary/aromatic N) is 3. The van der Waals surface area contributed by atoms with Gasteiger partial charge >= 0.3 is 7.82 Å². The lowest BCUT2D eigenvalue weighted by molar-refractivity contribution is 0.0990. The number of fused-ring (bicyclic) bond motifs is 1. The van der Waals surface area contributed by atoms with E-state index in [4.69, 9.17) is 29.8 Å². The second-order valence-electron chi connectivity index (χ2n) is 8.18. The molecule has 10 heteroatoms. The van der Waals surface area contributed by atoms with E-state index in [-0.39, 0.29) is 11.9 Å². The van der Waals surface area contributed by atoms with Crippen LogP contribution in [0, 0.1) is 0 Å². The van der Waals surface area contributed by atoms with Gasteiger partial charge in [0.2, 0.25) is 5.88 Å². The summed E-state index contributed by atoms with van der Waals surface area (Å²) in [6.45, 7) is 3.87. The standard InChI is InChI=1S/C20H25N4O5P/c1-20(2)17(24-16-18(21)22-11-23-19(16)28-20)14-5-3-12(4-6-14)13-7-9-15(10-8-13)29-30(25,26)27/h3-6,11,13,15H,7-10H2,1-2H3,(H2,21,22,23)(H2,25,26,27)/t13-,15-. The topological polar surface area (TPSA) is 140 Å². The van der Waals surface area contributed by atoms with E-state index in [0.29, 0.717) is 30.3 Å². The highest BCUT2D eigenvalue weighted by molar-refractivity contribution is 7.46. The summed E-state index contributed by atoms with van der Waals surface area (Å²) in [6, 6.07) is 8.18. The second kappa shape index (κ2) is 7.74. The monoisotopic (exact) mass is 432 g/mol. The van der Waals surface area contributed by atoms with Crippen LogP contribution in [0.1, 0.15) is 56.6 Å². The number of hydrogen-bond acceptors (Lipinski definition) is 7. The van der Waals surface area contributed by atoms with Crippen LogP contribution < -0.4 is 10.5 Å². The molecule has 160 valence electrons. The minimum absolute atomic E-state index is 0.277. The van der Waals surface area contributed by atoms with Crippen LogP contribution >= 0.6 is 7.82 Å². The van der Waals surface area contributed by atoms with Crippen LogP contribution in [0.5, 0.6) is 5.88 Å². The average Bonchev–Trinajstić information content (AvgIpc) is 2.67. The molecule has 2 heterocycles. The molecule has 1 aliphatic heterocycles. The Kier molecular flexibility index (Phi) is 5.40. The number of nitrogens with two attached hydrogens (primary N) is 1. The first-order valence-corrected chi connectivity index (χ1v) is 11.4. The molecule has 0 bridgehead atoms. The average molecular weight is 432 g/mol. The molecule has 0 amide bonds. The maximum Gasteiger partial charge on any atom is 0.469 e. The lowest BCUT2D eigenvalue weighted by Gasteiger charge is -2.32. The fourth-order valence-corrected chi connectivity index (χ4v) is 4.71. The van der Waals surface area contributed by atoms with Crippen molar-refractivity contribution in [3.8, 4) is 5.88 Å². The van der Waals surface area contributed by atoms with Gasteiger partial charge in [0.05, 0.1) is 11.8 Å². The molecule has 0 atom stereocenters. The zero-order valence-electron chi connectivity index (χ0n) is 16.9. The highest BCUT2D eigenvalue weighted by atomic mass is 31.2. The molecule has 2 aliphatic rings. The zero-order valence-corrected chi connectivity index (χ0v) is 17.7. The van der Waals surface area contributed by atoms with E-state index in [0.717, 1.165) is 24.1 Å². The lowest BCUT2D eigenvalue weighted by Crippen LogP contribution is -2.41. The van der Waals surface area contributed by atoms with Crippen LogP contribution in [-0.2, 0) is 9.09 Å². The van der Waals surface area contributed by atoms with Crippen molar-refractivity contribution in [3.05, 3.63) is 41.7 Å². The molecule has 0 saturated heterocycles. The maximum absolute atomic E-state index is 11.0. The Morgan fingerprint density at radius 1 is 1.13 bits per heavy atom. The molecular weight excluding hydrogens is 407 g/mol. The summed E-state index contributed by atoms with van der Waals surface area (Å²) < 4.78 is 21.9. The summed E-state index contributed by atoms with van der Waals surface area (Å²) in [5.41, 5.74) is 8.58. The van der Waals surface area contributed by atoms with Gasteiger partial charge in [0, 0.05) is 5.56 Å². The third-order valence-electron chi connectivity index (χ3n) is 5.58. The maximum atomic E-state index is 11.0. The fraction of sp³-hybridized carbons (Fsp3) is 0.450. The van der Waals surface area contributed by atoms with Crippen molar-refractivity contribution in [1.82, 2.24) is 9.97 Å². The van der Waals surface area contributed by atoms with Crippen molar-refractivity contribution < 1.29 is 23.6 Å². The molecule has 1 fully saturated rings. The largest absolute Gasteiger partial charge is 0.469 e. The molecule has 4 rings (SSSR count). The van der Waals surface area contributed by atoms with Crippen LogP contribution in [0.2, 0.25) is 0 Å². The van der Waals surface area contributed by atoms with Gasteiger partial charge in [0.25, 0.3) is 0 Å². The van der Waals surface area contributed by atoms with E-state index in [2.05, 4.69) is 22.1 Å². The lowest BCUT2D eigenvalue weighted by atomic mass is 9.82. The third-order valence-corrected chi connectivity index (χ3v) is 6.15. The molecule has 9 nitrogen and oxygen atoms in total. The normalized spacial score (nSPS) is 23.3. The molecule has 1 aromatic carbocycles. The van der Waals surface area contributed by atoms with Gasteiger partial charge in [-0.25, -0.2) is 14.5 Å². The first kappa shape index (κ1) is 20.9. The summed E-state index contributed by atoms with van der Waals surface area (Å²) in [6.07, 6.45) is 3.87. The molecule has 1 saturated carbocycles. The Morgan fingerprint density at radius 2 is 1.80 bits per heavy atom. The first-order chi connectivity index (χ1) is 14.1. The Balaban J connectivity index is 1.52. The van der Waals surface area contributed by atoms with E-state index < -0.39 is 13.4 Å². The minimum Gasteiger partial charge on any atom is -0.463 e. The van der Waals surface area contributed by atoms with Crippen LogP contribution in [-0.4, -0.2) is 37.2 Å². The second-order valence-corrected chi connectivity index (χ2v) is 9.37. The number of aliphatic imine (C=N–C) groups is 1. The van der Waals surface area contributed by atoms with Crippen LogP contribution in [0.25, 0.3) is 0 Å². The molecule has 0 spiro atoms. The van der Waals surface area contributed by atoms with Gasteiger partial charge in [-0.05, 0) is 51.0 Å². The Labute approximate surface area is 174 Å². The van der Waals surface area contributed by atoms with Gasteiger partial charge in [-0.15, -0.1) is 0 Å². The van der Waals surface area contributed by atoms with Crippen molar-refractivity contribution in [2.45, 2.75) is 57.2 Å². The Morgan fingerprint density at radius 3 is 2.43 bits per heavy atom. The number of anilines is 1. The number of ether oxygens (including phenoxy) is 1. The van der Waals surface area contributed by atoms with E-state index in [1.54, 1.807) is 0 Å². The van der Waals surface area contributed by atoms with Crippen molar-refractivity contribution in [1.29, 1.82) is 0 Å². The smallest absolute Gasteiger partial charge is 0.463 e. The summed E-state index contributed by atoms with van der Waals surface area (Å²) in [5.74, 6) is 0.985. The first-order valence-electron chi connectivity index (χ1n) is 9.85. The Hall–Kier alpha value is -2.32. The van der Waals surface area contributed by atoms with Gasteiger partial charge in [0.1, 0.15) is 11.9 Å². The van der Waals surface area contributed by atoms with Crippen molar-refractivity contribution in [2.75, 3.05) is 5.73 Å². The predicted molar refractivity (Wildman–Crippen MR) is 112 cm³/mol. The number of hydrogen-bond donors (Lipinski definition) is 3. The van der Waals surface area contributed by atoms with Gasteiger partial charge in [-0.1, -0.05) is 24.3 Å². The number of phosphoric acid groups is 1. The van der Waals surface area contributed by atoms with Gasteiger partial charge in [-0.2, -0.15) is 4.98 Å². The summed E-state index contributed by atoms with van der Waals surface area (Å²) in [4.78, 5) is 30.8. The molecule has 0 radical (unpaired) electrons. The molecule has 4 N–H and O–H groups in total. The van der Waals surface area contributed by atoms with E-state index in [1.165, 1.54) is 11.9 Å². The molecule has 30 heavy (non-hydrogen) atoms. The Bertz CT molecular complexity index is 1010. The minimum atomic E-state index is -4.43. The van der Waals surface area contributed by atoms with Gasteiger partial charge in [-0.3, -0.25) is 4.52 Å².